The van der Waals surface area contributed by atoms with E-state index in [1.54, 1.807) is 26.0 Å². The van der Waals surface area contributed by atoms with Crippen molar-refractivity contribution in [2.45, 2.75) is 34.6 Å². The van der Waals surface area contributed by atoms with Crippen LogP contribution >= 0.6 is 23.5 Å². The summed E-state index contributed by atoms with van der Waals surface area (Å²) in [7, 11) is 3.21. The average molecular weight is 454 g/mol. The number of ether oxygens (including phenoxy) is 2. The summed E-state index contributed by atoms with van der Waals surface area (Å²) < 4.78 is 10.6. The summed E-state index contributed by atoms with van der Waals surface area (Å²) in [6.07, 6.45) is 0. The number of methoxy groups -OCH3 is 2. The molecule has 0 bridgehead atoms. The molecule has 1 unspecified atom stereocenters. The molecular formula is C25H27NO3S2. The van der Waals surface area contributed by atoms with E-state index < -0.39 is 0 Å². The van der Waals surface area contributed by atoms with E-state index in [0.717, 1.165) is 21.9 Å². The van der Waals surface area contributed by atoms with Crippen molar-refractivity contribution in [2.24, 2.45) is 0 Å². The molecular weight excluding hydrogens is 426 g/mol. The summed E-state index contributed by atoms with van der Waals surface area (Å²) >= 11 is 3.29. The first kappa shape index (κ1) is 23.1. The van der Waals surface area contributed by atoms with Gasteiger partial charge in [-0.25, -0.2) is 0 Å². The van der Waals surface area contributed by atoms with Crippen LogP contribution in [-0.4, -0.2) is 25.4 Å². The summed E-state index contributed by atoms with van der Waals surface area (Å²) in [5, 5.41) is 2.80. The van der Waals surface area contributed by atoms with Gasteiger partial charge in [-0.3, -0.25) is 4.79 Å². The Hall–Kier alpha value is -2.57. The van der Waals surface area contributed by atoms with Crippen molar-refractivity contribution in [3.8, 4) is 11.5 Å². The highest BCUT2D eigenvalue weighted by Crippen LogP contribution is 2.34. The number of hydrogen-bond acceptors (Lipinski definition) is 5. The normalized spacial score (nSPS) is 11.6. The van der Waals surface area contributed by atoms with Crippen LogP contribution in [0.25, 0.3) is 0 Å². The first-order valence-corrected chi connectivity index (χ1v) is 11.8. The van der Waals surface area contributed by atoms with Gasteiger partial charge >= 0.3 is 0 Å². The first-order chi connectivity index (χ1) is 15.0. The lowest BCUT2D eigenvalue weighted by Crippen LogP contribution is -2.22. The van der Waals surface area contributed by atoms with Gasteiger partial charge < -0.3 is 14.8 Å². The minimum atomic E-state index is -0.259. The number of aryl methyl sites for hydroxylation is 1. The van der Waals surface area contributed by atoms with Gasteiger partial charge in [-0.15, -0.1) is 23.5 Å². The number of carbonyl (C=O) groups is 1. The number of anilines is 1. The van der Waals surface area contributed by atoms with E-state index in [0.29, 0.717) is 11.5 Å². The van der Waals surface area contributed by atoms with Crippen LogP contribution in [0.3, 0.4) is 0 Å². The monoisotopic (exact) mass is 453 g/mol. The molecule has 0 aliphatic carbocycles. The van der Waals surface area contributed by atoms with E-state index in [9.17, 15) is 4.79 Å². The molecule has 0 heterocycles. The molecule has 31 heavy (non-hydrogen) atoms. The van der Waals surface area contributed by atoms with Crippen LogP contribution in [0.15, 0.2) is 76.5 Å². The van der Waals surface area contributed by atoms with Crippen LogP contribution in [0.5, 0.6) is 11.5 Å². The molecule has 3 aromatic rings. The Labute approximate surface area is 192 Å². The van der Waals surface area contributed by atoms with E-state index in [-0.39, 0.29) is 11.2 Å². The molecule has 0 fully saturated rings. The van der Waals surface area contributed by atoms with Crippen molar-refractivity contribution in [3.05, 3.63) is 77.9 Å². The summed E-state index contributed by atoms with van der Waals surface area (Å²) in [5.74, 6) is 2.18. The standard InChI is InChI=1S/C25H27NO3S2/c1-17-14-19(16-30-20-8-6-5-7-9-20)10-12-22(17)26-25(27)18(2)31-21-11-13-23(28-3)24(15-21)29-4/h5-15,18H,16H2,1-4H3,(H,26,27). The third kappa shape index (κ3) is 6.45. The molecule has 1 N–H and O–H groups in total. The number of carbonyl (C=O) groups excluding carboxylic acids is 1. The van der Waals surface area contributed by atoms with Gasteiger partial charge in [0.15, 0.2) is 11.5 Å². The Balaban J connectivity index is 1.59. The lowest BCUT2D eigenvalue weighted by molar-refractivity contribution is -0.115. The second kappa shape index (κ2) is 11.2. The minimum Gasteiger partial charge on any atom is -0.493 e. The second-order valence-corrected chi connectivity index (χ2v) is 9.48. The summed E-state index contributed by atoms with van der Waals surface area (Å²) in [6.45, 7) is 3.93. The predicted molar refractivity (Wildman–Crippen MR) is 131 cm³/mol. The van der Waals surface area contributed by atoms with Crippen LogP contribution in [0.2, 0.25) is 0 Å². The SMILES string of the molecule is COc1ccc(SC(C)C(=O)Nc2ccc(CSc3ccccc3)cc2C)cc1OC. The lowest BCUT2D eigenvalue weighted by Gasteiger charge is -2.15. The van der Waals surface area contributed by atoms with Gasteiger partial charge in [-0.2, -0.15) is 0 Å². The smallest absolute Gasteiger partial charge is 0.237 e. The van der Waals surface area contributed by atoms with Gasteiger partial charge in [-0.1, -0.05) is 30.3 Å². The molecule has 0 aromatic heterocycles. The van der Waals surface area contributed by atoms with Gasteiger partial charge in [0.05, 0.1) is 19.5 Å². The third-order valence-corrected chi connectivity index (χ3v) is 6.91. The van der Waals surface area contributed by atoms with Crippen molar-refractivity contribution in [3.63, 3.8) is 0 Å². The van der Waals surface area contributed by atoms with Crippen LogP contribution < -0.4 is 14.8 Å². The van der Waals surface area contributed by atoms with Crippen LogP contribution in [0.4, 0.5) is 5.69 Å². The zero-order chi connectivity index (χ0) is 22.2. The molecule has 3 aromatic carbocycles. The Morgan fingerprint density at radius 3 is 2.35 bits per heavy atom. The zero-order valence-corrected chi connectivity index (χ0v) is 19.8. The molecule has 0 radical (unpaired) electrons. The molecule has 162 valence electrons. The number of benzene rings is 3. The van der Waals surface area contributed by atoms with Crippen LogP contribution in [-0.2, 0) is 10.5 Å². The second-order valence-electron chi connectivity index (χ2n) is 7.02. The molecule has 4 nitrogen and oxygen atoms in total. The third-order valence-electron chi connectivity index (χ3n) is 4.73. The molecule has 3 rings (SSSR count). The Morgan fingerprint density at radius 1 is 0.935 bits per heavy atom. The molecule has 0 aliphatic heterocycles. The van der Waals surface area contributed by atoms with E-state index >= 15 is 0 Å². The Morgan fingerprint density at radius 2 is 1.68 bits per heavy atom. The average Bonchev–Trinajstić information content (AvgIpc) is 2.79. The predicted octanol–water partition coefficient (Wildman–Crippen LogP) is 6.42. The largest absolute Gasteiger partial charge is 0.493 e. The van der Waals surface area contributed by atoms with Gasteiger partial charge in [-0.05, 0) is 61.4 Å². The summed E-state index contributed by atoms with van der Waals surface area (Å²) in [5.41, 5.74) is 3.14. The number of hydrogen-bond donors (Lipinski definition) is 1. The molecule has 0 aliphatic rings. The highest BCUT2D eigenvalue weighted by Gasteiger charge is 2.17. The highest BCUT2D eigenvalue weighted by atomic mass is 32.2. The Kier molecular flexibility index (Phi) is 8.32. The lowest BCUT2D eigenvalue weighted by atomic mass is 10.1. The molecule has 0 spiro atoms. The topological polar surface area (TPSA) is 47.6 Å². The Bertz CT molecular complexity index is 1020. The molecule has 0 saturated heterocycles. The fraction of sp³-hybridized carbons (Fsp3) is 0.240. The fourth-order valence-electron chi connectivity index (χ4n) is 3.02. The fourth-order valence-corrected chi connectivity index (χ4v) is 4.78. The molecule has 1 atom stereocenters. The summed E-state index contributed by atoms with van der Waals surface area (Å²) in [6, 6.07) is 22.2. The molecule has 0 saturated carbocycles. The van der Waals surface area contributed by atoms with Crippen molar-refractivity contribution in [2.75, 3.05) is 19.5 Å². The van der Waals surface area contributed by atoms with Crippen LogP contribution in [0.1, 0.15) is 18.1 Å². The van der Waals surface area contributed by atoms with Crippen molar-refractivity contribution in [1.29, 1.82) is 0 Å². The minimum absolute atomic E-state index is 0.0331. The van der Waals surface area contributed by atoms with E-state index in [2.05, 4.69) is 29.6 Å². The van der Waals surface area contributed by atoms with E-state index in [1.807, 2.05) is 56.3 Å². The summed E-state index contributed by atoms with van der Waals surface area (Å²) in [4.78, 5) is 14.9. The highest BCUT2D eigenvalue weighted by molar-refractivity contribution is 8.00. The van der Waals surface area contributed by atoms with Gasteiger partial charge in [0.2, 0.25) is 5.91 Å². The zero-order valence-electron chi connectivity index (χ0n) is 18.2. The number of rotatable bonds is 9. The maximum Gasteiger partial charge on any atom is 0.237 e. The van der Waals surface area contributed by atoms with E-state index in [4.69, 9.17) is 9.47 Å². The van der Waals surface area contributed by atoms with Gasteiger partial charge in [0.1, 0.15) is 0 Å². The van der Waals surface area contributed by atoms with Gasteiger partial charge in [0.25, 0.3) is 0 Å². The van der Waals surface area contributed by atoms with Gasteiger partial charge in [0, 0.05) is 21.2 Å². The van der Waals surface area contributed by atoms with Crippen molar-refractivity contribution >= 4 is 35.1 Å². The quantitative estimate of drug-likeness (QED) is 0.379. The maximum absolute atomic E-state index is 12.8. The van der Waals surface area contributed by atoms with Crippen molar-refractivity contribution < 1.29 is 14.3 Å². The number of nitrogens with one attached hydrogen (secondary N) is 1. The first-order valence-electron chi connectivity index (χ1n) is 9.97. The van der Waals surface area contributed by atoms with E-state index in [1.165, 1.54) is 22.2 Å². The van der Waals surface area contributed by atoms with Crippen molar-refractivity contribution in [1.82, 2.24) is 0 Å². The molecule has 1 amide bonds. The number of thioether (sulfide) groups is 2. The maximum atomic E-state index is 12.8. The molecule has 6 heteroatoms. The number of amides is 1. The van der Waals surface area contributed by atoms with Crippen LogP contribution in [0, 0.1) is 6.92 Å².